The predicted octanol–water partition coefficient (Wildman–Crippen LogP) is 1.08. The molecule has 0 saturated carbocycles. The van der Waals surface area contributed by atoms with Crippen LogP contribution < -0.4 is 5.73 Å². The molecule has 1 aromatic carbocycles. The van der Waals surface area contributed by atoms with Crippen molar-refractivity contribution >= 4 is 5.97 Å². The van der Waals surface area contributed by atoms with Gasteiger partial charge < -0.3 is 10.8 Å². The molecule has 0 spiro atoms. The number of aryl methyl sites for hydroxylation is 1. The Kier molecular flexibility index (Phi) is 3.85. The Labute approximate surface area is 115 Å². The van der Waals surface area contributed by atoms with E-state index in [1.807, 2.05) is 0 Å². The number of aliphatic carboxylic acids is 1. The molecule has 0 aliphatic carbocycles. The molecule has 0 saturated heterocycles. The van der Waals surface area contributed by atoms with E-state index in [0.29, 0.717) is 11.3 Å². The van der Waals surface area contributed by atoms with Gasteiger partial charge in [-0.1, -0.05) is 12.1 Å². The maximum Gasteiger partial charge on any atom is 0.315 e. The molecule has 1 unspecified atom stereocenters. The molecule has 0 aliphatic heterocycles. The van der Waals surface area contributed by atoms with E-state index in [1.165, 1.54) is 18.2 Å². The fraction of sp³-hybridized carbons (Fsp3) is 0.286. The number of hydrogen-bond acceptors (Lipinski definition) is 3. The van der Waals surface area contributed by atoms with Crippen molar-refractivity contribution in [2.24, 2.45) is 12.8 Å². The lowest BCUT2D eigenvalue weighted by atomic mass is 9.76. The number of carboxylic acids is 1. The predicted molar refractivity (Wildman–Crippen MR) is 71.7 cm³/mol. The van der Waals surface area contributed by atoms with Crippen molar-refractivity contribution in [2.45, 2.75) is 11.8 Å². The molecule has 106 valence electrons. The van der Waals surface area contributed by atoms with Crippen LogP contribution in [0.5, 0.6) is 0 Å². The maximum atomic E-state index is 13.4. The van der Waals surface area contributed by atoms with Crippen molar-refractivity contribution in [1.82, 2.24) is 9.78 Å². The van der Waals surface area contributed by atoms with Crippen molar-refractivity contribution < 1.29 is 14.3 Å². The second kappa shape index (κ2) is 5.42. The number of nitrogens with two attached hydrogens (primary N) is 1. The molecular weight excluding hydrogens is 261 g/mol. The molecule has 0 fully saturated rings. The Bertz CT molecular complexity index is 626. The van der Waals surface area contributed by atoms with Gasteiger partial charge in [0.05, 0.1) is 5.69 Å². The molecule has 0 amide bonds. The van der Waals surface area contributed by atoms with Crippen molar-refractivity contribution in [2.75, 3.05) is 6.54 Å². The molecule has 0 radical (unpaired) electrons. The lowest BCUT2D eigenvalue weighted by Crippen LogP contribution is -2.45. The van der Waals surface area contributed by atoms with Gasteiger partial charge in [0.15, 0.2) is 0 Å². The minimum atomic E-state index is -1.38. The summed E-state index contributed by atoms with van der Waals surface area (Å²) in [7, 11) is 1.75. The summed E-state index contributed by atoms with van der Waals surface area (Å²) in [6.07, 6.45) is 1.84. The molecular formula is C14H16FN3O2. The van der Waals surface area contributed by atoms with Crippen molar-refractivity contribution in [1.29, 1.82) is 0 Å². The highest BCUT2D eigenvalue weighted by Crippen LogP contribution is 2.28. The lowest BCUT2D eigenvalue weighted by Gasteiger charge is -2.27. The Morgan fingerprint density at radius 2 is 2.25 bits per heavy atom. The number of carboxylic acid groups (broad SMARTS) is 1. The molecule has 0 aliphatic rings. The molecule has 0 bridgehead atoms. The van der Waals surface area contributed by atoms with Gasteiger partial charge in [0.1, 0.15) is 11.2 Å². The van der Waals surface area contributed by atoms with Crippen LogP contribution in [-0.2, 0) is 23.7 Å². The Hall–Kier alpha value is -2.21. The highest BCUT2D eigenvalue weighted by atomic mass is 19.1. The highest BCUT2D eigenvalue weighted by Gasteiger charge is 2.40. The second-order valence-corrected chi connectivity index (χ2v) is 4.76. The molecule has 1 atom stereocenters. The fourth-order valence-corrected chi connectivity index (χ4v) is 2.23. The van der Waals surface area contributed by atoms with Crippen LogP contribution in [0.25, 0.3) is 0 Å². The number of rotatable bonds is 5. The number of carbonyl (C=O) groups is 1. The van der Waals surface area contributed by atoms with Crippen LogP contribution in [0.1, 0.15) is 11.3 Å². The summed E-state index contributed by atoms with van der Waals surface area (Å²) in [4.78, 5) is 11.7. The first-order valence-electron chi connectivity index (χ1n) is 6.16. The van der Waals surface area contributed by atoms with Gasteiger partial charge in [-0.15, -0.1) is 0 Å². The molecule has 5 nitrogen and oxygen atoms in total. The third kappa shape index (κ3) is 2.55. The number of nitrogens with zero attached hydrogens (tertiary/aromatic N) is 2. The van der Waals surface area contributed by atoms with Crippen LogP contribution in [0, 0.1) is 5.82 Å². The van der Waals surface area contributed by atoms with Crippen LogP contribution in [0.15, 0.2) is 36.5 Å². The number of aromatic nitrogens is 2. The zero-order valence-electron chi connectivity index (χ0n) is 11.1. The Morgan fingerprint density at radius 3 is 2.75 bits per heavy atom. The zero-order chi connectivity index (χ0) is 14.8. The van der Waals surface area contributed by atoms with E-state index in [-0.39, 0.29) is 13.0 Å². The molecule has 1 heterocycles. The van der Waals surface area contributed by atoms with E-state index in [0.717, 1.165) is 0 Å². The summed E-state index contributed by atoms with van der Waals surface area (Å²) in [6, 6.07) is 7.27. The third-order valence-electron chi connectivity index (χ3n) is 3.39. The van der Waals surface area contributed by atoms with Gasteiger partial charge in [0.25, 0.3) is 0 Å². The monoisotopic (exact) mass is 277 g/mol. The third-order valence-corrected chi connectivity index (χ3v) is 3.39. The normalized spacial score (nSPS) is 13.9. The van der Waals surface area contributed by atoms with Gasteiger partial charge in [-0.3, -0.25) is 9.48 Å². The Morgan fingerprint density at radius 1 is 1.50 bits per heavy atom. The Balaban J connectivity index is 2.47. The summed E-state index contributed by atoms with van der Waals surface area (Å²) in [6.45, 7) is -0.137. The topological polar surface area (TPSA) is 81.1 Å². The SMILES string of the molecule is Cn1ccc(CC(CN)(C(=O)O)c2cccc(F)c2)n1. The summed E-state index contributed by atoms with van der Waals surface area (Å²) < 4.78 is 15.0. The van der Waals surface area contributed by atoms with Gasteiger partial charge in [-0.2, -0.15) is 5.10 Å². The van der Waals surface area contributed by atoms with Gasteiger partial charge in [0.2, 0.25) is 0 Å². The van der Waals surface area contributed by atoms with Crippen LogP contribution in [0.3, 0.4) is 0 Å². The van der Waals surface area contributed by atoms with E-state index < -0.39 is 17.2 Å². The second-order valence-electron chi connectivity index (χ2n) is 4.76. The van der Waals surface area contributed by atoms with E-state index >= 15 is 0 Å². The first kappa shape index (κ1) is 14.2. The van der Waals surface area contributed by atoms with Crippen molar-refractivity contribution in [3.05, 3.63) is 53.6 Å². The van der Waals surface area contributed by atoms with Crippen LogP contribution in [0.2, 0.25) is 0 Å². The molecule has 3 N–H and O–H groups in total. The molecule has 1 aromatic heterocycles. The smallest absolute Gasteiger partial charge is 0.315 e. The average Bonchev–Trinajstić information content (AvgIpc) is 2.81. The fourth-order valence-electron chi connectivity index (χ4n) is 2.23. The summed E-state index contributed by atoms with van der Waals surface area (Å²) in [5, 5.41) is 13.8. The highest BCUT2D eigenvalue weighted by molar-refractivity contribution is 5.82. The van der Waals surface area contributed by atoms with E-state index in [9.17, 15) is 14.3 Å². The molecule has 2 aromatic rings. The molecule has 20 heavy (non-hydrogen) atoms. The standard InChI is InChI=1S/C14H16FN3O2/c1-18-6-5-12(17-18)8-14(9-16,13(19)20)10-3-2-4-11(15)7-10/h2-7H,8-9,16H2,1H3,(H,19,20). The summed E-state index contributed by atoms with van der Waals surface area (Å²) in [5.41, 5.74) is 5.28. The molecule has 2 rings (SSSR count). The number of benzene rings is 1. The van der Waals surface area contributed by atoms with Gasteiger partial charge in [-0.25, -0.2) is 4.39 Å². The quantitative estimate of drug-likeness (QED) is 0.857. The van der Waals surface area contributed by atoms with Gasteiger partial charge in [0, 0.05) is 26.2 Å². The number of halogens is 1. The first-order valence-corrected chi connectivity index (χ1v) is 6.16. The van der Waals surface area contributed by atoms with Crippen LogP contribution in [0.4, 0.5) is 4.39 Å². The van der Waals surface area contributed by atoms with Crippen molar-refractivity contribution in [3.8, 4) is 0 Å². The van der Waals surface area contributed by atoms with Crippen LogP contribution >= 0.6 is 0 Å². The van der Waals surface area contributed by atoms with Crippen molar-refractivity contribution in [3.63, 3.8) is 0 Å². The van der Waals surface area contributed by atoms with E-state index in [2.05, 4.69) is 5.10 Å². The number of hydrogen-bond donors (Lipinski definition) is 2. The van der Waals surface area contributed by atoms with E-state index in [1.54, 1.807) is 30.1 Å². The van der Waals surface area contributed by atoms with Gasteiger partial charge in [-0.05, 0) is 23.8 Å². The average molecular weight is 277 g/mol. The summed E-state index contributed by atoms with van der Waals surface area (Å²) >= 11 is 0. The minimum absolute atomic E-state index is 0.114. The van der Waals surface area contributed by atoms with Gasteiger partial charge >= 0.3 is 5.97 Å². The molecule has 6 heteroatoms. The first-order chi connectivity index (χ1) is 9.48. The van der Waals surface area contributed by atoms with E-state index in [4.69, 9.17) is 5.73 Å². The zero-order valence-corrected chi connectivity index (χ0v) is 11.1. The summed E-state index contributed by atoms with van der Waals surface area (Å²) in [5.74, 6) is -1.57. The lowest BCUT2D eigenvalue weighted by molar-refractivity contribution is -0.143. The maximum absolute atomic E-state index is 13.4. The largest absolute Gasteiger partial charge is 0.481 e. The minimum Gasteiger partial charge on any atom is -0.481 e. The van der Waals surface area contributed by atoms with Crippen LogP contribution in [-0.4, -0.2) is 27.4 Å².